The number of hydrogen-bond donors (Lipinski definition) is 2. The predicted molar refractivity (Wildman–Crippen MR) is 69.7 cm³/mol. The molecule has 100 valence electrons. The maximum atomic E-state index is 12.1. The first kappa shape index (κ1) is 15.0. The number of sulfonamides is 1. The first-order valence-corrected chi connectivity index (χ1v) is 6.86. The van der Waals surface area contributed by atoms with Gasteiger partial charge in [0.05, 0.1) is 11.4 Å². The Hall–Kier alpha value is -1.02. The van der Waals surface area contributed by atoms with E-state index in [4.69, 9.17) is 34.1 Å². The lowest BCUT2D eigenvalue weighted by molar-refractivity contribution is 0.315. The summed E-state index contributed by atoms with van der Waals surface area (Å²) in [6.07, 6.45) is 0. The zero-order valence-corrected chi connectivity index (χ0v) is 11.7. The average Bonchev–Trinajstić information content (AvgIpc) is 2.27. The Balaban J connectivity index is 3.13. The number of hydrogen-bond acceptors (Lipinski definition) is 4. The molecule has 0 aromatic heterocycles. The minimum absolute atomic E-state index is 0.0618. The van der Waals surface area contributed by atoms with E-state index in [1.165, 1.54) is 25.2 Å². The van der Waals surface area contributed by atoms with Crippen LogP contribution in [0.3, 0.4) is 0 Å². The molecule has 18 heavy (non-hydrogen) atoms. The van der Waals surface area contributed by atoms with E-state index in [1.54, 1.807) is 0 Å². The van der Waals surface area contributed by atoms with Gasteiger partial charge >= 0.3 is 0 Å². The molecule has 0 fully saturated rings. The third-order valence-corrected chi connectivity index (χ3v) is 4.27. The van der Waals surface area contributed by atoms with E-state index in [0.717, 1.165) is 4.31 Å². The van der Waals surface area contributed by atoms with Crippen molar-refractivity contribution < 1.29 is 13.6 Å². The molecule has 3 N–H and O–H groups in total. The number of nitrogens with zero attached hydrogens (tertiary/aromatic N) is 2. The molecule has 0 saturated heterocycles. The molecule has 0 atom stereocenters. The van der Waals surface area contributed by atoms with Crippen LogP contribution in [0.4, 0.5) is 0 Å². The van der Waals surface area contributed by atoms with E-state index in [1.807, 2.05) is 0 Å². The molecule has 1 rings (SSSR count). The minimum atomic E-state index is -3.80. The van der Waals surface area contributed by atoms with Gasteiger partial charge in [0.2, 0.25) is 10.0 Å². The van der Waals surface area contributed by atoms with Crippen molar-refractivity contribution in [2.75, 3.05) is 13.6 Å². The number of likely N-dealkylation sites (N-methyl/N-ethyl adjacent to an activating group) is 1. The molecule has 0 aliphatic rings. The Kier molecular flexibility index (Phi) is 4.80. The quantitative estimate of drug-likeness (QED) is 0.380. The van der Waals surface area contributed by atoms with Gasteiger partial charge in [0.1, 0.15) is 0 Å². The summed E-state index contributed by atoms with van der Waals surface area (Å²) in [4.78, 5) is -0.0618. The monoisotopic (exact) mass is 311 g/mol. The molecule has 0 heterocycles. The summed E-state index contributed by atoms with van der Waals surface area (Å²) in [5, 5.41) is 11.5. The molecular formula is C9H11Cl2N3O3S. The summed E-state index contributed by atoms with van der Waals surface area (Å²) in [6, 6.07) is 3.96. The molecule has 9 heteroatoms. The molecule has 0 unspecified atom stereocenters. The van der Waals surface area contributed by atoms with Gasteiger partial charge in [0.25, 0.3) is 0 Å². The Bertz CT molecular complexity index is 554. The molecule has 0 bridgehead atoms. The number of oxime groups is 1. The average molecular weight is 312 g/mol. The topological polar surface area (TPSA) is 96.0 Å². The van der Waals surface area contributed by atoms with Crippen molar-refractivity contribution in [1.82, 2.24) is 4.31 Å². The highest BCUT2D eigenvalue weighted by Gasteiger charge is 2.22. The molecule has 6 nitrogen and oxygen atoms in total. The Morgan fingerprint density at radius 1 is 1.39 bits per heavy atom. The Morgan fingerprint density at radius 3 is 2.33 bits per heavy atom. The van der Waals surface area contributed by atoms with Crippen LogP contribution >= 0.6 is 23.2 Å². The Labute approximate surface area is 115 Å². The maximum Gasteiger partial charge on any atom is 0.243 e. The van der Waals surface area contributed by atoms with Gasteiger partial charge in [-0.25, -0.2) is 8.42 Å². The van der Waals surface area contributed by atoms with E-state index in [2.05, 4.69) is 5.16 Å². The second-order valence-corrected chi connectivity index (χ2v) is 6.38. The standard InChI is InChI=1S/C9H11Cl2N3O3S/c1-14(5-9(12)13-15)18(16,17)8-3-6(10)2-7(11)4-8/h2-4,15H,5H2,1H3,(H2,12,13). The summed E-state index contributed by atoms with van der Waals surface area (Å²) in [7, 11) is -2.50. The van der Waals surface area contributed by atoms with Crippen LogP contribution in [-0.2, 0) is 10.0 Å². The van der Waals surface area contributed by atoms with Gasteiger partial charge in [0, 0.05) is 17.1 Å². The van der Waals surface area contributed by atoms with Crippen LogP contribution in [0.5, 0.6) is 0 Å². The number of amidine groups is 1. The van der Waals surface area contributed by atoms with Gasteiger partial charge in [-0.3, -0.25) is 0 Å². The normalized spacial score (nSPS) is 13.0. The van der Waals surface area contributed by atoms with Gasteiger partial charge in [-0.2, -0.15) is 4.31 Å². The summed E-state index contributed by atoms with van der Waals surface area (Å²) < 4.78 is 25.1. The van der Waals surface area contributed by atoms with Gasteiger partial charge in [-0.1, -0.05) is 28.4 Å². The third kappa shape index (κ3) is 3.49. The lowest BCUT2D eigenvalue weighted by Gasteiger charge is -2.16. The summed E-state index contributed by atoms with van der Waals surface area (Å²) in [6.45, 7) is -0.247. The van der Waals surface area contributed by atoms with Crippen LogP contribution in [0.25, 0.3) is 0 Å². The molecule has 0 aliphatic carbocycles. The summed E-state index contributed by atoms with van der Waals surface area (Å²) >= 11 is 11.5. The first-order chi connectivity index (χ1) is 8.27. The highest BCUT2D eigenvalue weighted by Crippen LogP contribution is 2.24. The van der Waals surface area contributed by atoms with Crippen LogP contribution < -0.4 is 5.73 Å². The SMILES string of the molecule is CN(CC(N)=NO)S(=O)(=O)c1cc(Cl)cc(Cl)c1. The van der Waals surface area contributed by atoms with E-state index < -0.39 is 10.0 Å². The van der Waals surface area contributed by atoms with Crippen molar-refractivity contribution in [1.29, 1.82) is 0 Å². The van der Waals surface area contributed by atoms with Gasteiger partial charge < -0.3 is 10.9 Å². The van der Waals surface area contributed by atoms with Crippen molar-refractivity contribution in [2.45, 2.75) is 4.90 Å². The predicted octanol–water partition coefficient (Wildman–Crippen LogP) is 1.36. The summed E-state index contributed by atoms with van der Waals surface area (Å²) in [5.41, 5.74) is 5.25. The fourth-order valence-corrected chi connectivity index (χ4v) is 3.07. The van der Waals surface area contributed by atoms with Gasteiger partial charge in [0.15, 0.2) is 5.84 Å². The minimum Gasteiger partial charge on any atom is -0.409 e. The van der Waals surface area contributed by atoms with Crippen molar-refractivity contribution >= 4 is 39.1 Å². The molecule has 0 spiro atoms. The fourth-order valence-electron chi connectivity index (χ4n) is 1.20. The second-order valence-electron chi connectivity index (χ2n) is 3.46. The molecule has 0 aliphatic heterocycles. The largest absolute Gasteiger partial charge is 0.409 e. The van der Waals surface area contributed by atoms with Crippen LogP contribution in [0.1, 0.15) is 0 Å². The van der Waals surface area contributed by atoms with Crippen LogP contribution in [0.2, 0.25) is 10.0 Å². The van der Waals surface area contributed by atoms with Gasteiger partial charge in [-0.15, -0.1) is 0 Å². The highest BCUT2D eigenvalue weighted by molar-refractivity contribution is 7.89. The van der Waals surface area contributed by atoms with E-state index in [-0.39, 0.29) is 27.3 Å². The van der Waals surface area contributed by atoms with Crippen molar-refractivity contribution in [3.63, 3.8) is 0 Å². The number of rotatable bonds is 4. The zero-order chi connectivity index (χ0) is 13.9. The summed E-state index contributed by atoms with van der Waals surface area (Å²) in [5.74, 6) is -0.228. The number of halogens is 2. The van der Waals surface area contributed by atoms with Crippen molar-refractivity contribution in [3.05, 3.63) is 28.2 Å². The highest BCUT2D eigenvalue weighted by atomic mass is 35.5. The van der Waals surface area contributed by atoms with Crippen LogP contribution in [0, 0.1) is 0 Å². The zero-order valence-electron chi connectivity index (χ0n) is 9.34. The first-order valence-electron chi connectivity index (χ1n) is 4.66. The smallest absolute Gasteiger partial charge is 0.243 e. The second kappa shape index (κ2) is 5.75. The molecule has 1 aromatic rings. The maximum absolute atomic E-state index is 12.1. The lowest BCUT2D eigenvalue weighted by Crippen LogP contribution is -2.35. The number of nitrogens with two attached hydrogens (primary N) is 1. The molecule has 0 radical (unpaired) electrons. The third-order valence-electron chi connectivity index (χ3n) is 2.06. The fraction of sp³-hybridized carbons (Fsp3) is 0.222. The van der Waals surface area contributed by atoms with Crippen LogP contribution in [0.15, 0.2) is 28.3 Å². The molecule has 0 amide bonds. The van der Waals surface area contributed by atoms with Gasteiger partial charge in [-0.05, 0) is 18.2 Å². The molecule has 1 aromatic carbocycles. The van der Waals surface area contributed by atoms with E-state index in [9.17, 15) is 8.42 Å². The Morgan fingerprint density at radius 2 is 1.89 bits per heavy atom. The van der Waals surface area contributed by atoms with E-state index >= 15 is 0 Å². The van der Waals surface area contributed by atoms with Crippen LogP contribution in [-0.4, -0.2) is 37.4 Å². The lowest BCUT2D eigenvalue weighted by atomic mass is 10.4. The number of benzene rings is 1. The molecular weight excluding hydrogens is 301 g/mol. The van der Waals surface area contributed by atoms with Crippen molar-refractivity contribution in [2.24, 2.45) is 10.9 Å². The van der Waals surface area contributed by atoms with E-state index in [0.29, 0.717) is 0 Å². The van der Waals surface area contributed by atoms with Crippen molar-refractivity contribution in [3.8, 4) is 0 Å². The molecule has 0 saturated carbocycles.